The van der Waals surface area contributed by atoms with Gasteiger partial charge < -0.3 is 4.90 Å². The minimum atomic E-state index is 0.587. The van der Waals surface area contributed by atoms with Crippen molar-refractivity contribution in [2.45, 2.75) is 11.3 Å². The van der Waals surface area contributed by atoms with E-state index in [1.165, 1.54) is 11.8 Å². The molecule has 108 valence electrons. The first-order chi connectivity index (χ1) is 9.47. The van der Waals surface area contributed by atoms with Gasteiger partial charge in [0, 0.05) is 31.6 Å². The van der Waals surface area contributed by atoms with Crippen molar-refractivity contribution < 1.29 is 0 Å². The maximum Gasteiger partial charge on any atom is 0.0805 e. The summed E-state index contributed by atoms with van der Waals surface area (Å²) in [5, 5.41) is 8.52. The third-order valence-electron chi connectivity index (χ3n) is 2.93. The third kappa shape index (κ3) is 2.89. The molecule has 0 bridgehead atoms. The Hall–Kier alpha value is -0.550. The van der Waals surface area contributed by atoms with Crippen LogP contribution in [0.25, 0.3) is 0 Å². The van der Waals surface area contributed by atoms with Gasteiger partial charge in [-0.1, -0.05) is 34.8 Å². The topological polar surface area (TPSA) is 31.9 Å². The van der Waals surface area contributed by atoms with Crippen LogP contribution in [-0.4, -0.2) is 30.5 Å². The van der Waals surface area contributed by atoms with Crippen LogP contribution in [0.5, 0.6) is 0 Å². The Morgan fingerprint density at radius 3 is 2.40 bits per heavy atom. The molecule has 1 aromatic heterocycles. The van der Waals surface area contributed by atoms with Crippen LogP contribution in [-0.2, 0) is 6.42 Å². The van der Waals surface area contributed by atoms with Crippen LogP contribution in [0, 0.1) is 0 Å². The number of halogens is 3. The van der Waals surface area contributed by atoms with E-state index in [-0.39, 0.29) is 0 Å². The standard InChI is InChI=1S/C13H14Cl3N3S/c1-19(2)12-9(14)8(4-7-5-17-18-6-7)10(15)13(20-3)11(12)16/h5-6H,4H2,1-3H3,(H,17,18). The fourth-order valence-electron chi connectivity index (χ4n) is 1.98. The van der Waals surface area contributed by atoms with E-state index in [1.807, 2.05) is 31.4 Å². The molecule has 1 aromatic carbocycles. The molecule has 0 aliphatic carbocycles. The van der Waals surface area contributed by atoms with Gasteiger partial charge >= 0.3 is 0 Å². The predicted molar refractivity (Wildman–Crippen MR) is 89.0 cm³/mol. The summed E-state index contributed by atoms with van der Waals surface area (Å²) in [5.74, 6) is 0. The van der Waals surface area contributed by atoms with Crippen LogP contribution in [0.3, 0.4) is 0 Å². The highest BCUT2D eigenvalue weighted by Crippen LogP contribution is 2.47. The molecule has 3 nitrogen and oxygen atoms in total. The maximum atomic E-state index is 6.51. The summed E-state index contributed by atoms with van der Waals surface area (Å²) in [5.41, 5.74) is 2.68. The fourth-order valence-corrected chi connectivity index (χ4v) is 4.21. The number of aromatic nitrogens is 2. The minimum Gasteiger partial charge on any atom is -0.375 e. The average Bonchev–Trinajstić information content (AvgIpc) is 2.87. The highest BCUT2D eigenvalue weighted by Gasteiger charge is 2.22. The zero-order chi connectivity index (χ0) is 14.9. The molecule has 1 heterocycles. The highest BCUT2D eigenvalue weighted by molar-refractivity contribution is 7.98. The molecule has 0 aliphatic heterocycles. The van der Waals surface area contributed by atoms with Gasteiger partial charge in [-0.2, -0.15) is 5.10 Å². The molecule has 20 heavy (non-hydrogen) atoms. The SMILES string of the molecule is CSc1c(Cl)c(Cc2cn[nH]c2)c(Cl)c(N(C)C)c1Cl. The summed E-state index contributed by atoms with van der Waals surface area (Å²) in [6, 6.07) is 0. The Morgan fingerprint density at radius 1 is 1.20 bits per heavy atom. The van der Waals surface area contributed by atoms with E-state index in [0.717, 1.165) is 21.7 Å². The second-order valence-electron chi connectivity index (χ2n) is 4.48. The zero-order valence-corrected chi connectivity index (χ0v) is 14.4. The Balaban J connectivity index is 2.63. The molecule has 0 radical (unpaired) electrons. The van der Waals surface area contributed by atoms with Gasteiger partial charge in [-0.3, -0.25) is 5.10 Å². The molecule has 1 N–H and O–H groups in total. The number of anilines is 1. The van der Waals surface area contributed by atoms with Gasteiger partial charge in [0.2, 0.25) is 0 Å². The number of hydrogen-bond acceptors (Lipinski definition) is 3. The van der Waals surface area contributed by atoms with Crippen molar-refractivity contribution in [1.82, 2.24) is 10.2 Å². The number of benzene rings is 1. The van der Waals surface area contributed by atoms with Crippen molar-refractivity contribution in [1.29, 1.82) is 0 Å². The number of thioether (sulfide) groups is 1. The van der Waals surface area contributed by atoms with Gasteiger partial charge in [-0.15, -0.1) is 11.8 Å². The lowest BCUT2D eigenvalue weighted by molar-refractivity contribution is 1.09. The zero-order valence-electron chi connectivity index (χ0n) is 11.3. The van der Waals surface area contributed by atoms with Gasteiger partial charge in [-0.25, -0.2) is 0 Å². The molecule has 0 unspecified atom stereocenters. The normalized spacial score (nSPS) is 10.9. The molecule has 2 aromatic rings. The van der Waals surface area contributed by atoms with E-state index in [0.29, 0.717) is 21.5 Å². The lowest BCUT2D eigenvalue weighted by Crippen LogP contribution is -2.12. The molecular weight excluding hydrogens is 337 g/mol. The van der Waals surface area contributed by atoms with E-state index in [2.05, 4.69) is 10.2 Å². The van der Waals surface area contributed by atoms with E-state index in [9.17, 15) is 0 Å². The first kappa shape index (κ1) is 15.8. The monoisotopic (exact) mass is 349 g/mol. The predicted octanol–water partition coefficient (Wildman–Crippen LogP) is 4.75. The molecule has 0 aliphatic rings. The molecule has 0 spiro atoms. The number of nitrogens with zero attached hydrogens (tertiary/aromatic N) is 2. The van der Waals surface area contributed by atoms with Gasteiger partial charge in [0.05, 0.1) is 27.0 Å². The van der Waals surface area contributed by atoms with Crippen LogP contribution < -0.4 is 4.90 Å². The number of H-pyrrole nitrogens is 1. The largest absolute Gasteiger partial charge is 0.375 e. The first-order valence-corrected chi connectivity index (χ1v) is 8.21. The average molecular weight is 351 g/mol. The molecule has 0 saturated carbocycles. The Labute approximate surface area is 137 Å². The molecular formula is C13H14Cl3N3S. The van der Waals surface area contributed by atoms with E-state index in [1.54, 1.807) is 6.20 Å². The lowest BCUT2D eigenvalue weighted by atomic mass is 10.1. The van der Waals surface area contributed by atoms with Crippen LogP contribution in [0.2, 0.25) is 15.1 Å². The maximum absolute atomic E-state index is 6.51. The summed E-state index contributed by atoms with van der Waals surface area (Å²) in [7, 11) is 3.82. The summed E-state index contributed by atoms with van der Waals surface area (Å²) in [6.45, 7) is 0. The number of rotatable bonds is 4. The summed E-state index contributed by atoms with van der Waals surface area (Å²) in [4.78, 5) is 2.75. The van der Waals surface area contributed by atoms with Gasteiger partial charge in [-0.05, 0) is 17.4 Å². The van der Waals surface area contributed by atoms with Gasteiger partial charge in [0.1, 0.15) is 0 Å². The Bertz CT molecular complexity index is 612. The van der Waals surface area contributed by atoms with Crippen LogP contribution in [0.15, 0.2) is 17.3 Å². The molecule has 7 heteroatoms. The molecule has 0 saturated heterocycles. The van der Waals surface area contributed by atoms with Crippen molar-refractivity contribution in [2.75, 3.05) is 25.3 Å². The second-order valence-corrected chi connectivity index (χ2v) is 6.43. The molecule has 0 fully saturated rings. The molecule has 0 atom stereocenters. The van der Waals surface area contributed by atoms with E-state index in [4.69, 9.17) is 34.8 Å². The van der Waals surface area contributed by atoms with Crippen molar-refractivity contribution in [2.24, 2.45) is 0 Å². The molecule has 0 amide bonds. The van der Waals surface area contributed by atoms with Crippen molar-refractivity contribution in [3.05, 3.63) is 38.6 Å². The lowest BCUT2D eigenvalue weighted by Gasteiger charge is -2.22. The number of aromatic amines is 1. The van der Waals surface area contributed by atoms with E-state index >= 15 is 0 Å². The fraction of sp³-hybridized carbons (Fsp3) is 0.308. The molecule has 2 rings (SSSR count). The number of hydrogen-bond donors (Lipinski definition) is 1. The number of nitrogens with one attached hydrogen (secondary N) is 1. The quantitative estimate of drug-likeness (QED) is 0.808. The van der Waals surface area contributed by atoms with Gasteiger partial charge in [0.15, 0.2) is 0 Å². The van der Waals surface area contributed by atoms with Crippen LogP contribution >= 0.6 is 46.6 Å². The minimum absolute atomic E-state index is 0.587. The van der Waals surface area contributed by atoms with Crippen LogP contribution in [0.1, 0.15) is 11.1 Å². The second kappa shape index (κ2) is 6.48. The van der Waals surface area contributed by atoms with Crippen LogP contribution in [0.4, 0.5) is 5.69 Å². The van der Waals surface area contributed by atoms with Crippen molar-refractivity contribution in [3.8, 4) is 0 Å². The highest BCUT2D eigenvalue weighted by atomic mass is 35.5. The van der Waals surface area contributed by atoms with Crippen molar-refractivity contribution >= 4 is 52.3 Å². The Kier molecular flexibility index (Phi) is 5.13. The smallest absolute Gasteiger partial charge is 0.0805 e. The first-order valence-electron chi connectivity index (χ1n) is 5.85. The summed E-state index contributed by atoms with van der Waals surface area (Å²) in [6.07, 6.45) is 6.15. The van der Waals surface area contributed by atoms with Gasteiger partial charge in [0.25, 0.3) is 0 Å². The van der Waals surface area contributed by atoms with E-state index < -0.39 is 0 Å². The third-order valence-corrected chi connectivity index (χ3v) is 5.16. The summed E-state index contributed by atoms with van der Waals surface area (Å²) >= 11 is 20.9. The summed E-state index contributed by atoms with van der Waals surface area (Å²) < 4.78 is 0. The Morgan fingerprint density at radius 2 is 1.90 bits per heavy atom. The van der Waals surface area contributed by atoms with Crippen molar-refractivity contribution in [3.63, 3.8) is 0 Å².